The molecule has 1 aromatic carbocycles. The van der Waals surface area contributed by atoms with Crippen molar-refractivity contribution in [3.63, 3.8) is 0 Å². The molecule has 0 saturated carbocycles. The van der Waals surface area contributed by atoms with E-state index in [1.165, 1.54) is 35.0 Å². The van der Waals surface area contributed by atoms with Gasteiger partial charge >= 0.3 is 17.6 Å². The third-order valence-corrected chi connectivity index (χ3v) is 4.03. The van der Waals surface area contributed by atoms with E-state index in [9.17, 15) is 24.1 Å². The lowest BCUT2D eigenvalue weighted by atomic mass is 10.3. The predicted octanol–water partition coefficient (Wildman–Crippen LogP) is 0.595. The summed E-state index contributed by atoms with van der Waals surface area (Å²) in [5.41, 5.74) is 0.520. The number of hydrogen-bond acceptors (Lipinski definition) is 9. The predicted molar refractivity (Wildman–Crippen MR) is 104 cm³/mol. The highest BCUT2D eigenvalue weighted by Gasteiger charge is 2.19. The zero-order valence-corrected chi connectivity index (χ0v) is 16.8. The molecule has 168 valence electrons. The topological polar surface area (TPSA) is 167 Å². The fraction of sp³-hybridized carbons (Fsp3) is 0.278. The number of nitrogens with one attached hydrogen (secondary N) is 2. The van der Waals surface area contributed by atoms with Gasteiger partial charge in [-0.15, -0.1) is 0 Å². The summed E-state index contributed by atoms with van der Waals surface area (Å²) < 4.78 is 24.2. The summed E-state index contributed by atoms with van der Waals surface area (Å²) in [5, 5.41) is 23.3. The third-order valence-electron chi connectivity index (χ3n) is 4.03. The SMILES string of the molecule is Cc1cc([N+](=O)[O-])nn1Cc1noc(C(=O)NCCNC(=O)COc2ccc(F)cc2)n1. The van der Waals surface area contributed by atoms with E-state index in [1.54, 1.807) is 6.92 Å². The quantitative estimate of drug-likeness (QED) is 0.257. The zero-order valence-electron chi connectivity index (χ0n) is 16.8. The number of ether oxygens (including phenoxy) is 1. The van der Waals surface area contributed by atoms with Crippen LogP contribution in [0.4, 0.5) is 10.2 Å². The van der Waals surface area contributed by atoms with Crippen molar-refractivity contribution in [3.8, 4) is 5.75 Å². The summed E-state index contributed by atoms with van der Waals surface area (Å²) in [6.45, 7) is 1.56. The van der Waals surface area contributed by atoms with Crippen LogP contribution in [0.3, 0.4) is 0 Å². The van der Waals surface area contributed by atoms with Crippen molar-refractivity contribution in [2.75, 3.05) is 19.7 Å². The molecule has 13 nitrogen and oxygen atoms in total. The molecule has 2 N–H and O–H groups in total. The van der Waals surface area contributed by atoms with Crippen molar-refractivity contribution in [2.24, 2.45) is 0 Å². The van der Waals surface area contributed by atoms with E-state index < -0.39 is 22.6 Å². The first-order valence-corrected chi connectivity index (χ1v) is 9.26. The summed E-state index contributed by atoms with van der Waals surface area (Å²) >= 11 is 0. The smallest absolute Gasteiger partial charge is 0.390 e. The molecule has 0 bridgehead atoms. The second kappa shape index (κ2) is 10.1. The van der Waals surface area contributed by atoms with Gasteiger partial charge in [0.1, 0.15) is 18.1 Å². The van der Waals surface area contributed by atoms with Crippen LogP contribution in [0.1, 0.15) is 22.2 Å². The van der Waals surface area contributed by atoms with E-state index in [-0.39, 0.29) is 43.8 Å². The molecule has 0 unspecified atom stereocenters. The van der Waals surface area contributed by atoms with Gasteiger partial charge < -0.3 is 30.0 Å². The number of benzene rings is 1. The van der Waals surface area contributed by atoms with Gasteiger partial charge in [0.2, 0.25) is 0 Å². The third kappa shape index (κ3) is 6.07. The Morgan fingerprint density at radius 2 is 1.97 bits per heavy atom. The van der Waals surface area contributed by atoms with E-state index in [4.69, 9.17) is 9.26 Å². The molecular formula is C18H18FN7O6. The second-order valence-corrected chi connectivity index (χ2v) is 6.42. The Bertz CT molecular complexity index is 1110. The summed E-state index contributed by atoms with van der Waals surface area (Å²) in [4.78, 5) is 37.9. The second-order valence-electron chi connectivity index (χ2n) is 6.42. The number of hydrogen-bond donors (Lipinski definition) is 2. The largest absolute Gasteiger partial charge is 0.484 e. The molecule has 2 heterocycles. The number of carbonyl (C=O) groups excluding carboxylic acids is 2. The Kier molecular flexibility index (Phi) is 7.05. The number of aromatic nitrogens is 4. The highest BCUT2D eigenvalue weighted by molar-refractivity contribution is 5.89. The van der Waals surface area contributed by atoms with Gasteiger partial charge in [0.05, 0.1) is 16.9 Å². The van der Waals surface area contributed by atoms with Crippen LogP contribution >= 0.6 is 0 Å². The van der Waals surface area contributed by atoms with Crippen molar-refractivity contribution in [2.45, 2.75) is 13.5 Å². The molecule has 32 heavy (non-hydrogen) atoms. The molecule has 0 saturated heterocycles. The lowest BCUT2D eigenvalue weighted by Crippen LogP contribution is -2.36. The molecule has 0 aliphatic heterocycles. The Labute approximate surface area is 179 Å². The van der Waals surface area contributed by atoms with Crippen LogP contribution in [-0.2, 0) is 11.3 Å². The molecule has 0 aliphatic rings. The Morgan fingerprint density at radius 3 is 2.66 bits per heavy atom. The zero-order chi connectivity index (χ0) is 23.1. The highest BCUT2D eigenvalue weighted by Crippen LogP contribution is 2.12. The Hall–Kier alpha value is -4.36. The van der Waals surface area contributed by atoms with Gasteiger partial charge in [0.15, 0.2) is 12.4 Å². The maximum absolute atomic E-state index is 12.8. The van der Waals surface area contributed by atoms with Gasteiger partial charge in [-0.05, 0) is 36.1 Å². The number of amides is 2. The van der Waals surface area contributed by atoms with Gasteiger partial charge in [-0.25, -0.2) is 4.39 Å². The monoisotopic (exact) mass is 447 g/mol. The molecule has 0 aliphatic carbocycles. The molecule has 0 radical (unpaired) electrons. The van der Waals surface area contributed by atoms with E-state index in [0.717, 1.165) is 0 Å². The molecule has 3 aromatic rings. The van der Waals surface area contributed by atoms with Crippen LogP contribution in [0, 0.1) is 22.9 Å². The van der Waals surface area contributed by atoms with Crippen molar-refractivity contribution in [3.05, 3.63) is 63.7 Å². The summed E-state index contributed by atoms with van der Waals surface area (Å²) in [6, 6.07) is 6.52. The first-order chi connectivity index (χ1) is 15.3. The molecule has 0 spiro atoms. The van der Waals surface area contributed by atoms with Crippen LogP contribution in [0.15, 0.2) is 34.9 Å². The van der Waals surface area contributed by atoms with Crippen LogP contribution < -0.4 is 15.4 Å². The average molecular weight is 447 g/mol. The van der Waals surface area contributed by atoms with Crippen molar-refractivity contribution >= 4 is 17.6 Å². The number of rotatable bonds is 10. The summed E-state index contributed by atoms with van der Waals surface area (Å²) in [5.74, 6) is -1.63. The maximum Gasteiger partial charge on any atom is 0.390 e. The number of nitrogens with zero attached hydrogens (tertiary/aromatic N) is 5. The molecular weight excluding hydrogens is 429 g/mol. The lowest BCUT2D eigenvalue weighted by molar-refractivity contribution is -0.389. The van der Waals surface area contributed by atoms with Gasteiger partial charge in [-0.2, -0.15) is 9.67 Å². The standard InChI is InChI=1S/C18H18FN7O6/c1-11-8-15(26(29)30)23-25(11)9-14-22-18(32-24-14)17(28)21-7-6-20-16(27)10-31-13-4-2-12(19)3-5-13/h2-5,8H,6-7,9-10H2,1H3,(H,20,27)(H,21,28). The molecule has 0 fully saturated rings. The van der Waals surface area contributed by atoms with Crippen LogP contribution in [0.25, 0.3) is 0 Å². The first-order valence-electron chi connectivity index (χ1n) is 9.26. The van der Waals surface area contributed by atoms with Gasteiger partial charge in [0, 0.05) is 13.1 Å². The van der Waals surface area contributed by atoms with E-state index >= 15 is 0 Å². The van der Waals surface area contributed by atoms with Gasteiger partial charge in [0.25, 0.3) is 5.91 Å². The van der Waals surface area contributed by atoms with Crippen molar-refractivity contribution in [1.29, 1.82) is 0 Å². The minimum atomic E-state index is -0.649. The number of carbonyl (C=O) groups is 2. The molecule has 0 atom stereocenters. The number of halogens is 1. The highest BCUT2D eigenvalue weighted by atomic mass is 19.1. The minimum absolute atomic E-state index is 0.0133. The average Bonchev–Trinajstić information content (AvgIpc) is 3.38. The molecule has 2 amide bonds. The molecule has 2 aromatic heterocycles. The van der Waals surface area contributed by atoms with Crippen molar-refractivity contribution < 1.29 is 28.2 Å². The Morgan fingerprint density at radius 1 is 1.25 bits per heavy atom. The van der Waals surface area contributed by atoms with E-state index in [2.05, 4.69) is 25.9 Å². The lowest BCUT2D eigenvalue weighted by Gasteiger charge is -2.07. The fourth-order valence-electron chi connectivity index (χ4n) is 2.47. The van der Waals surface area contributed by atoms with E-state index in [0.29, 0.717) is 11.4 Å². The first kappa shape index (κ1) is 22.3. The molecule has 14 heteroatoms. The molecule has 3 rings (SSSR count). The van der Waals surface area contributed by atoms with E-state index in [1.807, 2.05) is 0 Å². The van der Waals surface area contributed by atoms with Crippen LogP contribution in [0.5, 0.6) is 5.75 Å². The van der Waals surface area contributed by atoms with Crippen LogP contribution in [0.2, 0.25) is 0 Å². The number of aryl methyl sites for hydroxylation is 1. The van der Waals surface area contributed by atoms with Crippen LogP contribution in [-0.4, -0.2) is 56.4 Å². The summed E-state index contributed by atoms with van der Waals surface area (Å²) in [6.07, 6.45) is 0. The fourth-order valence-corrected chi connectivity index (χ4v) is 2.47. The Balaban J connectivity index is 1.39. The number of nitro groups is 1. The summed E-state index contributed by atoms with van der Waals surface area (Å²) in [7, 11) is 0. The van der Waals surface area contributed by atoms with Crippen molar-refractivity contribution in [1.82, 2.24) is 30.6 Å². The minimum Gasteiger partial charge on any atom is -0.484 e. The maximum atomic E-state index is 12.8. The normalized spacial score (nSPS) is 10.6. The van der Waals surface area contributed by atoms with Gasteiger partial charge in [-0.1, -0.05) is 5.16 Å². The van der Waals surface area contributed by atoms with Gasteiger partial charge in [-0.3, -0.25) is 9.59 Å².